The highest BCUT2D eigenvalue weighted by Gasteiger charge is 2.01. The van der Waals surface area contributed by atoms with Gasteiger partial charge in [-0.25, -0.2) is 0 Å². The largest absolute Gasteiger partial charge is 0.308 e. The molecule has 1 N–H and O–H groups in total. The van der Waals surface area contributed by atoms with Crippen molar-refractivity contribution in [2.24, 2.45) is 0 Å². The lowest BCUT2D eigenvalue weighted by molar-refractivity contribution is 1.37. The third-order valence-corrected chi connectivity index (χ3v) is 2.18. The molecule has 0 aliphatic carbocycles. The van der Waals surface area contributed by atoms with Crippen molar-refractivity contribution in [3.63, 3.8) is 0 Å². The molecule has 0 fully saturated rings. The lowest BCUT2D eigenvalue weighted by Gasteiger charge is -2.03. The van der Waals surface area contributed by atoms with E-state index in [0.29, 0.717) is 0 Å². The van der Waals surface area contributed by atoms with Crippen LogP contribution >= 0.6 is 0 Å². The van der Waals surface area contributed by atoms with E-state index < -0.39 is 0 Å². The van der Waals surface area contributed by atoms with E-state index in [1.54, 1.807) is 6.20 Å². The standard InChI is InChI=1S/C11H10N2/c1-8-4-5-9-3-2-6-13-11(9)10(8)7-12/h2-7,12H,1H3. The van der Waals surface area contributed by atoms with Crippen LogP contribution in [0, 0.1) is 12.3 Å². The Morgan fingerprint density at radius 2 is 2.15 bits per heavy atom. The SMILES string of the molecule is Cc1ccc2cccnc2c1C=N. The summed E-state index contributed by atoms with van der Waals surface area (Å²) < 4.78 is 0. The molecule has 0 unspecified atom stereocenters. The number of hydrogen-bond donors (Lipinski definition) is 1. The molecule has 2 aromatic rings. The van der Waals surface area contributed by atoms with Crippen molar-refractivity contribution in [2.75, 3.05) is 0 Å². The van der Waals surface area contributed by atoms with Crippen molar-refractivity contribution in [3.05, 3.63) is 41.6 Å². The van der Waals surface area contributed by atoms with Crippen LogP contribution < -0.4 is 0 Å². The Labute approximate surface area is 76.7 Å². The predicted octanol–water partition coefficient (Wildman–Crippen LogP) is 2.54. The zero-order chi connectivity index (χ0) is 9.26. The fourth-order valence-corrected chi connectivity index (χ4v) is 1.45. The monoisotopic (exact) mass is 170 g/mol. The Kier molecular flexibility index (Phi) is 1.81. The first-order chi connectivity index (χ1) is 6.33. The second-order valence-electron chi connectivity index (χ2n) is 3.02. The summed E-state index contributed by atoms with van der Waals surface area (Å²) in [6.45, 7) is 1.99. The lowest BCUT2D eigenvalue weighted by Crippen LogP contribution is -1.90. The van der Waals surface area contributed by atoms with Gasteiger partial charge in [0.15, 0.2) is 0 Å². The molecule has 0 amide bonds. The van der Waals surface area contributed by atoms with Crippen LogP contribution in [-0.2, 0) is 0 Å². The average molecular weight is 170 g/mol. The van der Waals surface area contributed by atoms with Crippen molar-refractivity contribution in [3.8, 4) is 0 Å². The van der Waals surface area contributed by atoms with Gasteiger partial charge in [-0.05, 0) is 18.6 Å². The molecule has 0 bridgehead atoms. The first-order valence-corrected chi connectivity index (χ1v) is 4.18. The molecule has 0 spiro atoms. The van der Waals surface area contributed by atoms with E-state index in [-0.39, 0.29) is 0 Å². The second kappa shape index (κ2) is 2.98. The van der Waals surface area contributed by atoms with E-state index in [9.17, 15) is 0 Å². The Bertz CT molecular complexity index is 461. The van der Waals surface area contributed by atoms with Gasteiger partial charge in [0.2, 0.25) is 0 Å². The van der Waals surface area contributed by atoms with Crippen molar-refractivity contribution in [1.82, 2.24) is 4.98 Å². The van der Waals surface area contributed by atoms with Crippen LogP contribution in [0.15, 0.2) is 30.5 Å². The Morgan fingerprint density at radius 1 is 1.31 bits per heavy atom. The summed E-state index contributed by atoms with van der Waals surface area (Å²) in [5, 5.41) is 8.39. The number of hydrogen-bond acceptors (Lipinski definition) is 2. The molecule has 0 radical (unpaired) electrons. The number of aromatic nitrogens is 1. The lowest BCUT2D eigenvalue weighted by atomic mass is 10.1. The number of benzene rings is 1. The molecule has 1 aromatic heterocycles. The summed E-state index contributed by atoms with van der Waals surface area (Å²) >= 11 is 0. The summed E-state index contributed by atoms with van der Waals surface area (Å²) in [6, 6.07) is 7.97. The Balaban J connectivity index is 2.91. The van der Waals surface area contributed by atoms with Crippen LogP contribution in [0.25, 0.3) is 10.9 Å². The van der Waals surface area contributed by atoms with Gasteiger partial charge in [-0.3, -0.25) is 4.98 Å². The minimum atomic E-state index is 0.914. The van der Waals surface area contributed by atoms with Gasteiger partial charge in [0, 0.05) is 23.4 Å². The van der Waals surface area contributed by atoms with Crippen LogP contribution in [0.5, 0.6) is 0 Å². The van der Waals surface area contributed by atoms with Crippen molar-refractivity contribution in [2.45, 2.75) is 6.92 Å². The number of fused-ring (bicyclic) bond motifs is 1. The van der Waals surface area contributed by atoms with Crippen molar-refractivity contribution < 1.29 is 0 Å². The smallest absolute Gasteiger partial charge is 0.0792 e. The van der Waals surface area contributed by atoms with Gasteiger partial charge in [0.1, 0.15) is 0 Å². The zero-order valence-electron chi connectivity index (χ0n) is 7.41. The molecule has 1 heterocycles. The minimum Gasteiger partial charge on any atom is -0.308 e. The highest BCUT2D eigenvalue weighted by atomic mass is 14.7. The van der Waals surface area contributed by atoms with Gasteiger partial charge in [0.25, 0.3) is 0 Å². The molecule has 1 aromatic carbocycles. The number of nitrogens with one attached hydrogen (secondary N) is 1. The highest BCUT2D eigenvalue weighted by Crippen LogP contribution is 2.17. The fourth-order valence-electron chi connectivity index (χ4n) is 1.45. The number of pyridine rings is 1. The first-order valence-electron chi connectivity index (χ1n) is 4.18. The maximum atomic E-state index is 7.30. The number of rotatable bonds is 1. The summed E-state index contributed by atoms with van der Waals surface area (Å²) in [5.41, 5.74) is 2.93. The third-order valence-electron chi connectivity index (χ3n) is 2.18. The first kappa shape index (κ1) is 7.92. The molecular weight excluding hydrogens is 160 g/mol. The second-order valence-corrected chi connectivity index (χ2v) is 3.02. The topological polar surface area (TPSA) is 36.7 Å². The van der Waals surface area contributed by atoms with Gasteiger partial charge in [-0.1, -0.05) is 18.2 Å². The van der Waals surface area contributed by atoms with Crippen LogP contribution in [0.3, 0.4) is 0 Å². The van der Waals surface area contributed by atoms with Gasteiger partial charge in [-0.2, -0.15) is 0 Å². The summed E-state index contributed by atoms with van der Waals surface area (Å²) in [5.74, 6) is 0. The molecule has 2 nitrogen and oxygen atoms in total. The van der Waals surface area contributed by atoms with Gasteiger partial charge in [0.05, 0.1) is 5.52 Å². The van der Waals surface area contributed by atoms with Gasteiger partial charge >= 0.3 is 0 Å². The molecule has 0 saturated carbocycles. The van der Waals surface area contributed by atoms with Gasteiger partial charge < -0.3 is 5.41 Å². The molecular formula is C11H10N2. The summed E-state index contributed by atoms with van der Waals surface area (Å²) in [6.07, 6.45) is 3.12. The Morgan fingerprint density at radius 3 is 2.92 bits per heavy atom. The predicted molar refractivity (Wildman–Crippen MR) is 54.4 cm³/mol. The van der Waals surface area contributed by atoms with E-state index in [2.05, 4.69) is 4.98 Å². The fraction of sp³-hybridized carbons (Fsp3) is 0.0909. The maximum Gasteiger partial charge on any atom is 0.0792 e. The quantitative estimate of drug-likeness (QED) is 0.656. The molecule has 0 aliphatic heterocycles. The number of aryl methyl sites for hydroxylation is 1. The van der Waals surface area contributed by atoms with E-state index in [1.807, 2.05) is 31.2 Å². The Hall–Kier alpha value is -1.70. The van der Waals surface area contributed by atoms with Crippen LogP contribution in [-0.4, -0.2) is 11.2 Å². The molecule has 2 rings (SSSR count). The highest BCUT2D eigenvalue weighted by molar-refractivity contribution is 5.97. The molecule has 0 atom stereocenters. The van der Waals surface area contributed by atoms with Crippen LogP contribution in [0.4, 0.5) is 0 Å². The molecule has 2 heteroatoms. The van der Waals surface area contributed by atoms with E-state index in [1.165, 1.54) is 6.21 Å². The normalized spacial score (nSPS) is 10.2. The minimum absolute atomic E-state index is 0.914. The molecule has 64 valence electrons. The van der Waals surface area contributed by atoms with Crippen LogP contribution in [0.1, 0.15) is 11.1 Å². The summed E-state index contributed by atoms with van der Waals surface area (Å²) in [7, 11) is 0. The van der Waals surface area contributed by atoms with E-state index in [4.69, 9.17) is 5.41 Å². The van der Waals surface area contributed by atoms with Gasteiger partial charge in [-0.15, -0.1) is 0 Å². The van der Waals surface area contributed by atoms with Crippen molar-refractivity contribution >= 4 is 17.1 Å². The zero-order valence-corrected chi connectivity index (χ0v) is 7.41. The number of nitrogens with zero attached hydrogens (tertiary/aromatic N) is 1. The summed E-state index contributed by atoms with van der Waals surface area (Å²) in [4.78, 5) is 4.26. The van der Waals surface area contributed by atoms with Crippen molar-refractivity contribution in [1.29, 1.82) is 5.41 Å². The maximum absolute atomic E-state index is 7.30. The van der Waals surface area contributed by atoms with Crippen LogP contribution in [0.2, 0.25) is 0 Å². The molecule has 13 heavy (non-hydrogen) atoms. The molecule has 0 saturated heterocycles. The average Bonchev–Trinajstić information content (AvgIpc) is 2.18. The van der Waals surface area contributed by atoms with E-state index >= 15 is 0 Å². The third kappa shape index (κ3) is 1.20. The van der Waals surface area contributed by atoms with E-state index in [0.717, 1.165) is 22.0 Å². The molecule has 0 aliphatic rings.